The zero-order chi connectivity index (χ0) is 19.2. The highest BCUT2D eigenvalue weighted by Crippen LogP contribution is 2.25. The Labute approximate surface area is 161 Å². The lowest BCUT2D eigenvalue weighted by molar-refractivity contribution is 0.0526. The molecule has 8 heteroatoms. The maximum atomic E-state index is 12.4. The second kappa shape index (κ2) is 8.83. The van der Waals surface area contributed by atoms with Crippen molar-refractivity contribution in [2.24, 2.45) is 0 Å². The molecule has 1 aromatic carbocycles. The van der Waals surface area contributed by atoms with Crippen molar-refractivity contribution in [3.05, 3.63) is 52.7 Å². The third-order valence-corrected chi connectivity index (χ3v) is 4.16. The van der Waals surface area contributed by atoms with Gasteiger partial charge in [0.1, 0.15) is 11.1 Å². The first kappa shape index (κ1) is 19.1. The van der Waals surface area contributed by atoms with Crippen LogP contribution in [0, 0.1) is 0 Å². The Kier molecular flexibility index (Phi) is 6.26. The summed E-state index contributed by atoms with van der Waals surface area (Å²) in [7, 11) is 0. The number of benzene rings is 1. The van der Waals surface area contributed by atoms with Gasteiger partial charge in [-0.3, -0.25) is 4.79 Å². The minimum Gasteiger partial charge on any atom is -0.471 e. The Morgan fingerprint density at radius 2 is 2.07 bits per heavy atom. The number of hydrogen-bond donors (Lipinski definition) is 1. The van der Waals surface area contributed by atoms with Crippen LogP contribution in [0.1, 0.15) is 34.1 Å². The number of rotatable bonds is 6. The van der Waals surface area contributed by atoms with Crippen LogP contribution in [0.5, 0.6) is 5.88 Å². The number of halogens is 1. The number of anilines is 1. The highest BCUT2D eigenvalue weighted by atomic mass is 35.5. The Bertz CT molecular complexity index is 819. The zero-order valence-corrected chi connectivity index (χ0v) is 15.5. The maximum Gasteiger partial charge on any atom is 0.338 e. The number of nitrogens with zero attached hydrogens (tertiary/aromatic N) is 1. The molecule has 1 saturated heterocycles. The van der Waals surface area contributed by atoms with Crippen molar-refractivity contribution in [1.82, 2.24) is 4.98 Å². The summed E-state index contributed by atoms with van der Waals surface area (Å²) in [4.78, 5) is 28.2. The zero-order valence-electron chi connectivity index (χ0n) is 14.7. The van der Waals surface area contributed by atoms with E-state index in [0.29, 0.717) is 36.6 Å². The molecule has 2 aromatic rings. The first-order valence-corrected chi connectivity index (χ1v) is 8.93. The number of carbonyl (C=O) groups is 2. The molecule has 0 aliphatic carbocycles. The van der Waals surface area contributed by atoms with Gasteiger partial charge in [-0.05, 0) is 37.3 Å². The Balaban J connectivity index is 1.63. The molecule has 0 bridgehead atoms. The van der Waals surface area contributed by atoms with Crippen LogP contribution in [-0.2, 0) is 9.47 Å². The molecule has 1 atom stereocenters. The summed E-state index contributed by atoms with van der Waals surface area (Å²) in [6.07, 6.45) is 2.11. The summed E-state index contributed by atoms with van der Waals surface area (Å²) >= 11 is 6.18. The molecule has 0 radical (unpaired) electrons. The molecule has 1 fully saturated rings. The van der Waals surface area contributed by atoms with Gasteiger partial charge in [0.15, 0.2) is 0 Å². The predicted molar refractivity (Wildman–Crippen MR) is 99.5 cm³/mol. The van der Waals surface area contributed by atoms with E-state index in [-0.39, 0.29) is 22.9 Å². The van der Waals surface area contributed by atoms with Gasteiger partial charge in [-0.25, -0.2) is 9.78 Å². The molecule has 1 aliphatic rings. The van der Waals surface area contributed by atoms with Crippen LogP contribution in [0.2, 0.25) is 5.02 Å². The largest absolute Gasteiger partial charge is 0.471 e. The number of ether oxygens (including phenoxy) is 3. The number of amides is 1. The van der Waals surface area contributed by atoms with E-state index in [4.69, 9.17) is 25.8 Å². The molecule has 1 aliphatic heterocycles. The smallest absolute Gasteiger partial charge is 0.338 e. The second-order valence-corrected chi connectivity index (χ2v) is 6.27. The van der Waals surface area contributed by atoms with E-state index >= 15 is 0 Å². The number of carbonyl (C=O) groups excluding carboxylic acids is 2. The Morgan fingerprint density at radius 1 is 1.30 bits per heavy atom. The Morgan fingerprint density at radius 3 is 2.70 bits per heavy atom. The van der Waals surface area contributed by atoms with Crippen molar-refractivity contribution >= 4 is 29.2 Å². The molecule has 3 rings (SSSR count). The lowest BCUT2D eigenvalue weighted by Crippen LogP contribution is -2.17. The predicted octanol–water partition coefficient (Wildman–Crippen LogP) is 3.33. The van der Waals surface area contributed by atoms with Crippen LogP contribution in [0.15, 0.2) is 36.5 Å². The fourth-order valence-electron chi connectivity index (χ4n) is 2.51. The number of esters is 1. The molecule has 27 heavy (non-hydrogen) atoms. The lowest BCUT2D eigenvalue weighted by atomic mass is 10.2. The summed E-state index contributed by atoms with van der Waals surface area (Å²) in [6, 6.07) is 7.91. The summed E-state index contributed by atoms with van der Waals surface area (Å²) in [6.45, 7) is 3.20. The number of pyridine rings is 1. The van der Waals surface area contributed by atoms with Gasteiger partial charge in [0, 0.05) is 18.3 Å². The van der Waals surface area contributed by atoms with Gasteiger partial charge in [0.05, 0.1) is 30.9 Å². The van der Waals surface area contributed by atoms with E-state index in [2.05, 4.69) is 10.3 Å². The minimum absolute atomic E-state index is 0.0763. The molecule has 1 N–H and O–H groups in total. The minimum atomic E-state index is -0.408. The fourth-order valence-corrected chi connectivity index (χ4v) is 2.72. The van der Waals surface area contributed by atoms with E-state index < -0.39 is 5.97 Å². The van der Waals surface area contributed by atoms with Crippen molar-refractivity contribution in [2.45, 2.75) is 19.4 Å². The summed E-state index contributed by atoms with van der Waals surface area (Å²) < 4.78 is 15.8. The van der Waals surface area contributed by atoms with Gasteiger partial charge in [0.25, 0.3) is 5.91 Å². The summed E-state index contributed by atoms with van der Waals surface area (Å²) in [5.74, 6) is -0.499. The average Bonchev–Trinajstić information content (AvgIpc) is 3.17. The van der Waals surface area contributed by atoms with E-state index in [1.807, 2.05) is 0 Å². The standard InChI is InChI=1S/C19H19ClN2O5/c1-2-26-19(24)12-3-5-14(6-4-12)22-17(23)13-9-16(20)18(21-10-13)27-15-7-8-25-11-15/h3-6,9-10,15H,2,7-8,11H2,1H3,(H,22,23). The third-order valence-electron chi connectivity index (χ3n) is 3.89. The molecule has 0 saturated carbocycles. The lowest BCUT2D eigenvalue weighted by Gasteiger charge is -2.12. The van der Waals surface area contributed by atoms with Crippen molar-refractivity contribution in [3.63, 3.8) is 0 Å². The monoisotopic (exact) mass is 390 g/mol. The Hall–Kier alpha value is -2.64. The normalized spacial score (nSPS) is 16.0. The number of nitrogens with one attached hydrogen (secondary N) is 1. The first-order valence-electron chi connectivity index (χ1n) is 8.55. The second-order valence-electron chi connectivity index (χ2n) is 5.87. The van der Waals surface area contributed by atoms with Gasteiger partial charge in [0.2, 0.25) is 5.88 Å². The van der Waals surface area contributed by atoms with Gasteiger partial charge in [-0.15, -0.1) is 0 Å². The first-order chi connectivity index (χ1) is 13.1. The highest BCUT2D eigenvalue weighted by molar-refractivity contribution is 6.32. The number of hydrogen-bond acceptors (Lipinski definition) is 6. The van der Waals surface area contributed by atoms with Crippen molar-refractivity contribution < 1.29 is 23.8 Å². The summed E-state index contributed by atoms with van der Waals surface area (Å²) in [5, 5.41) is 2.98. The molecular formula is C19H19ClN2O5. The van der Waals surface area contributed by atoms with Gasteiger partial charge in [-0.2, -0.15) is 0 Å². The van der Waals surface area contributed by atoms with Crippen LogP contribution in [0.3, 0.4) is 0 Å². The van der Waals surface area contributed by atoms with Crippen molar-refractivity contribution in [2.75, 3.05) is 25.1 Å². The third kappa shape index (κ3) is 4.96. The molecule has 1 aromatic heterocycles. The SMILES string of the molecule is CCOC(=O)c1ccc(NC(=O)c2cnc(OC3CCOC3)c(Cl)c2)cc1. The van der Waals surface area contributed by atoms with Gasteiger partial charge in [-0.1, -0.05) is 11.6 Å². The fraction of sp³-hybridized carbons (Fsp3) is 0.316. The summed E-state index contributed by atoms with van der Waals surface area (Å²) in [5.41, 5.74) is 1.24. The van der Waals surface area contributed by atoms with Crippen LogP contribution < -0.4 is 10.1 Å². The topological polar surface area (TPSA) is 86.8 Å². The van der Waals surface area contributed by atoms with Gasteiger partial charge < -0.3 is 19.5 Å². The average molecular weight is 391 g/mol. The van der Waals surface area contributed by atoms with Crippen molar-refractivity contribution in [3.8, 4) is 5.88 Å². The molecule has 0 spiro atoms. The highest BCUT2D eigenvalue weighted by Gasteiger charge is 2.20. The van der Waals surface area contributed by atoms with Crippen molar-refractivity contribution in [1.29, 1.82) is 0 Å². The maximum absolute atomic E-state index is 12.4. The molecule has 1 unspecified atom stereocenters. The van der Waals surface area contributed by atoms with Gasteiger partial charge >= 0.3 is 5.97 Å². The van der Waals surface area contributed by atoms with E-state index in [0.717, 1.165) is 6.42 Å². The van der Waals surface area contributed by atoms with Crippen LogP contribution in [0.4, 0.5) is 5.69 Å². The molecule has 142 valence electrons. The molecule has 7 nitrogen and oxygen atoms in total. The van der Waals surface area contributed by atoms with E-state index in [1.165, 1.54) is 12.3 Å². The van der Waals surface area contributed by atoms with Crippen LogP contribution in [0.25, 0.3) is 0 Å². The molecule has 1 amide bonds. The van der Waals surface area contributed by atoms with E-state index in [1.54, 1.807) is 31.2 Å². The van der Waals surface area contributed by atoms with E-state index in [9.17, 15) is 9.59 Å². The molecular weight excluding hydrogens is 372 g/mol. The quantitative estimate of drug-likeness (QED) is 0.761. The van der Waals surface area contributed by atoms with Crippen LogP contribution >= 0.6 is 11.6 Å². The molecule has 2 heterocycles. The van der Waals surface area contributed by atoms with Crippen LogP contribution in [-0.4, -0.2) is 42.8 Å². The number of aromatic nitrogens is 1.